The molecule has 0 unspecified atom stereocenters. The van der Waals surface area contributed by atoms with Gasteiger partial charge in [-0.15, -0.1) is 0 Å². The number of carbonyl (C=O) groups excluding carboxylic acids is 1. The van der Waals surface area contributed by atoms with Gasteiger partial charge in [0, 0.05) is 19.1 Å². The highest BCUT2D eigenvalue weighted by molar-refractivity contribution is 6.31. The van der Waals surface area contributed by atoms with Crippen molar-refractivity contribution in [2.24, 2.45) is 0 Å². The molecular weight excluding hydrogens is 244 g/mol. The second-order valence-corrected chi connectivity index (χ2v) is 4.11. The molecule has 0 saturated heterocycles. The fraction of sp³-hybridized carbons (Fsp3) is 0.273. The summed E-state index contributed by atoms with van der Waals surface area (Å²) < 4.78 is 0. The minimum absolute atomic E-state index is 0.473. The standard InChI is InChI=1S/C11H13ClN2O3/c1-14(2)9-4-3-7(12)5-8(9)13-10(15)6-11(16)17/h3-5H,6H2,1-2H3,(H,13,15)(H,16,17). The van der Waals surface area contributed by atoms with Crippen LogP contribution in [0.2, 0.25) is 5.02 Å². The largest absolute Gasteiger partial charge is 0.481 e. The predicted octanol–water partition coefficient (Wildman–Crippen LogP) is 1.82. The van der Waals surface area contributed by atoms with Gasteiger partial charge >= 0.3 is 5.97 Å². The number of nitrogens with one attached hydrogen (secondary N) is 1. The van der Waals surface area contributed by atoms with Crippen LogP contribution < -0.4 is 10.2 Å². The average Bonchev–Trinajstić information content (AvgIpc) is 2.15. The summed E-state index contributed by atoms with van der Waals surface area (Å²) in [4.78, 5) is 23.5. The molecule has 0 bridgehead atoms. The Morgan fingerprint density at radius 2 is 2.06 bits per heavy atom. The summed E-state index contributed by atoms with van der Waals surface area (Å²) in [7, 11) is 3.63. The maximum Gasteiger partial charge on any atom is 0.312 e. The molecule has 6 heteroatoms. The van der Waals surface area contributed by atoms with E-state index < -0.39 is 18.3 Å². The lowest BCUT2D eigenvalue weighted by molar-refractivity contribution is -0.139. The van der Waals surface area contributed by atoms with Gasteiger partial charge < -0.3 is 15.3 Å². The number of amides is 1. The predicted molar refractivity (Wildman–Crippen MR) is 66.7 cm³/mol. The van der Waals surface area contributed by atoms with Crippen molar-refractivity contribution in [3.8, 4) is 0 Å². The van der Waals surface area contributed by atoms with Crippen molar-refractivity contribution in [2.45, 2.75) is 6.42 Å². The third-order valence-corrected chi connectivity index (χ3v) is 2.26. The number of carboxylic acids is 1. The number of carboxylic acid groups (broad SMARTS) is 1. The summed E-state index contributed by atoms with van der Waals surface area (Å²) in [5.74, 6) is -1.75. The number of anilines is 2. The summed E-state index contributed by atoms with van der Waals surface area (Å²) >= 11 is 5.82. The van der Waals surface area contributed by atoms with Crippen LogP contribution in [0.4, 0.5) is 11.4 Å². The molecule has 0 saturated carbocycles. The summed E-state index contributed by atoms with van der Waals surface area (Å²) in [6, 6.07) is 5.03. The fourth-order valence-corrected chi connectivity index (χ4v) is 1.50. The van der Waals surface area contributed by atoms with E-state index in [0.29, 0.717) is 10.7 Å². The zero-order valence-electron chi connectivity index (χ0n) is 9.53. The van der Waals surface area contributed by atoms with Gasteiger partial charge in [0.05, 0.1) is 11.4 Å². The number of nitrogens with zero attached hydrogens (tertiary/aromatic N) is 1. The number of hydrogen-bond acceptors (Lipinski definition) is 3. The third kappa shape index (κ3) is 3.96. The second-order valence-electron chi connectivity index (χ2n) is 3.67. The molecule has 0 aliphatic rings. The number of halogens is 1. The maximum absolute atomic E-state index is 11.4. The van der Waals surface area contributed by atoms with Gasteiger partial charge in [0.1, 0.15) is 6.42 Å². The molecule has 2 N–H and O–H groups in total. The van der Waals surface area contributed by atoms with Crippen LogP contribution in [0.5, 0.6) is 0 Å². The van der Waals surface area contributed by atoms with Gasteiger partial charge in [-0.25, -0.2) is 0 Å². The first-order chi connectivity index (χ1) is 7.90. The molecule has 0 spiro atoms. The lowest BCUT2D eigenvalue weighted by atomic mass is 10.2. The molecule has 5 nitrogen and oxygen atoms in total. The van der Waals surface area contributed by atoms with Crippen molar-refractivity contribution >= 4 is 34.9 Å². The molecule has 17 heavy (non-hydrogen) atoms. The molecule has 1 rings (SSSR count). The molecule has 0 aliphatic carbocycles. The van der Waals surface area contributed by atoms with Crippen molar-refractivity contribution in [3.63, 3.8) is 0 Å². The van der Waals surface area contributed by atoms with Gasteiger partial charge in [-0.2, -0.15) is 0 Å². The lowest BCUT2D eigenvalue weighted by Gasteiger charge is -2.17. The van der Waals surface area contributed by atoms with Crippen LogP contribution in [0.1, 0.15) is 6.42 Å². The van der Waals surface area contributed by atoms with Gasteiger partial charge in [-0.3, -0.25) is 9.59 Å². The molecule has 1 aromatic carbocycles. The Morgan fingerprint density at radius 1 is 1.41 bits per heavy atom. The number of rotatable bonds is 4. The van der Waals surface area contributed by atoms with Gasteiger partial charge in [-0.05, 0) is 18.2 Å². The summed E-state index contributed by atoms with van der Waals surface area (Å²) in [6.45, 7) is 0. The monoisotopic (exact) mass is 256 g/mol. The van der Waals surface area contributed by atoms with E-state index in [4.69, 9.17) is 16.7 Å². The van der Waals surface area contributed by atoms with E-state index in [1.807, 2.05) is 14.1 Å². The fourth-order valence-electron chi connectivity index (χ4n) is 1.33. The topological polar surface area (TPSA) is 69.6 Å². The van der Waals surface area contributed by atoms with E-state index in [1.54, 1.807) is 23.1 Å². The quantitative estimate of drug-likeness (QED) is 0.807. The van der Waals surface area contributed by atoms with E-state index in [-0.39, 0.29) is 0 Å². The van der Waals surface area contributed by atoms with E-state index in [9.17, 15) is 9.59 Å². The van der Waals surface area contributed by atoms with Crippen molar-refractivity contribution < 1.29 is 14.7 Å². The number of benzene rings is 1. The molecule has 92 valence electrons. The number of carbonyl (C=O) groups is 2. The van der Waals surface area contributed by atoms with E-state index in [2.05, 4.69) is 5.32 Å². The normalized spacial score (nSPS) is 9.82. The molecule has 1 amide bonds. The van der Waals surface area contributed by atoms with Crippen molar-refractivity contribution in [1.82, 2.24) is 0 Å². The lowest BCUT2D eigenvalue weighted by Crippen LogP contribution is -2.18. The molecular formula is C11H13ClN2O3. The average molecular weight is 257 g/mol. The van der Waals surface area contributed by atoms with Crippen LogP contribution in [0.25, 0.3) is 0 Å². The Hall–Kier alpha value is -1.75. The third-order valence-electron chi connectivity index (χ3n) is 2.03. The highest BCUT2D eigenvalue weighted by atomic mass is 35.5. The Morgan fingerprint density at radius 3 is 2.59 bits per heavy atom. The maximum atomic E-state index is 11.4. The van der Waals surface area contributed by atoms with Crippen molar-refractivity contribution in [3.05, 3.63) is 23.2 Å². The van der Waals surface area contributed by atoms with Crippen molar-refractivity contribution in [2.75, 3.05) is 24.3 Å². The first kappa shape index (κ1) is 13.3. The molecule has 0 radical (unpaired) electrons. The number of hydrogen-bond donors (Lipinski definition) is 2. The van der Waals surface area contributed by atoms with Gasteiger partial charge in [0.15, 0.2) is 0 Å². The van der Waals surface area contributed by atoms with E-state index in [1.165, 1.54) is 0 Å². The highest BCUT2D eigenvalue weighted by Gasteiger charge is 2.11. The van der Waals surface area contributed by atoms with Crippen LogP contribution in [-0.4, -0.2) is 31.1 Å². The zero-order valence-corrected chi connectivity index (χ0v) is 10.3. The molecule has 0 fully saturated rings. The van der Waals surface area contributed by atoms with Gasteiger partial charge in [-0.1, -0.05) is 11.6 Å². The van der Waals surface area contributed by atoms with Crippen LogP contribution in [0.15, 0.2) is 18.2 Å². The Bertz CT molecular complexity index is 446. The second kappa shape index (κ2) is 5.54. The molecule has 1 aromatic rings. The van der Waals surface area contributed by atoms with Gasteiger partial charge in [0.25, 0.3) is 0 Å². The zero-order chi connectivity index (χ0) is 13.0. The molecule has 0 heterocycles. The number of aliphatic carboxylic acids is 1. The minimum Gasteiger partial charge on any atom is -0.481 e. The molecule has 0 aromatic heterocycles. The Labute approximate surface area is 104 Å². The van der Waals surface area contributed by atoms with Crippen LogP contribution in [-0.2, 0) is 9.59 Å². The first-order valence-electron chi connectivity index (χ1n) is 4.88. The summed E-state index contributed by atoms with van der Waals surface area (Å²) in [5.41, 5.74) is 1.25. The summed E-state index contributed by atoms with van der Waals surface area (Å²) in [6.07, 6.45) is -0.570. The van der Waals surface area contributed by atoms with E-state index >= 15 is 0 Å². The van der Waals surface area contributed by atoms with Crippen molar-refractivity contribution in [1.29, 1.82) is 0 Å². The smallest absolute Gasteiger partial charge is 0.312 e. The Balaban J connectivity index is 2.92. The molecule has 0 aliphatic heterocycles. The minimum atomic E-state index is -1.17. The Kier molecular flexibility index (Phi) is 4.34. The summed E-state index contributed by atoms with van der Waals surface area (Å²) in [5, 5.41) is 11.5. The van der Waals surface area contributed by atoms with Crippen LogP contribution >= 0.6 is 11.6 Å². The molecule has 0 atom stereocenters. The van der Waals surface area contributed by atoms with E-state index in [0.717, 1.165) is 5.69 Å². The van der Waals surface area contributed by atoms with Crippen LogP contribution in [0, 0.1) is 0 Å². The van der Waals surface area contributed by atoms with Gasteiger partial charge in [0.2, 0.25) is 5.91 Å². The van der Waals surface area contributed by atoms with Crippen LogP contribution in [0.3, 0.4) is 0 Å². The highest BCUT2D eigenvalue weighted by Crippen LogP contribution is 2.27. The first-order valence-corrected chi connectivity index (χ1v) is 5.26. The SMILES string of the molecule is CN(C)c1ccc(Cl)cc1NC(=O)CC(=O)O.